The number of hydrogen-bond donors (Lipinski definition) is 1. The number of phenolic OH excluding ortho intramolecular Hbond substituents is 1. The van der Waals surface area contributed by atoms with Gasteiger partial charge < -0.3 is 23.9 Å². The number of aromatic nitrogens is 5. The van der Waals surface area contributed by atoms with Gasteiger partial charge in [0.2, 0.25) is 5.82 Å². The number of ether oxygens (including phenoxy) is 3. The molecule has 1 saturated carbocycles. The predicted octanol–water partition coefficient (Wildman–Crippen LogP) is 3.93. The molecule has 22 heteroatoms. The minimum atomic E-state index is -2.82. The quantitative estimate of drug-likeness (QED) is 0.0603. The first-order valence-corrected chi connectivity index (χ1v) is 18.5. The molecule has 3 aromatic carbocycles. The van der Waals surface area contributed by atoms with Crippen molar-refractivity contribution in [1.82, 2.24) is 23.5 Å². The van der Waals surface area contributed by atoms with Crippen LogP contribution in [0, 0.1) is 29.1 Å². The molecule has 1 saturated heterocycles. The SMILES string of the molecule is COc1ccc(C2C3=CCn4c(=O)n(CCc5nc6cc(OC)c(OC)cc6n(C)c5=O)c(=O)n4C3CC3(Cl)C(=O)N(c4c(F)c(F)c(F)c(F)c4F)C(=O)C23Cl)cc1O. The fraction of sp³-hybridized carbons (Fsp3) is 0.316. The molecule has 2 amide bonds. The van der Waals surface area contributed by atoms with Crippen molar-refractivity contribution in [3.05, 3.63) is 114 Å². The van der Waals surface area contributed by atoms with E-state index >= 15 is 8.78 Å². The van der Waals surface area contributed by atoms with E-state index in [4.69, 9.17) is 37.4 Å². The van der Waals surface area contributed by atoms with Gasteiger partial charge in [-0.05, 0) is 23.3 Å². The van der Waals surface area contributed by atoms with Crippen molar-refractivity contribution in [3.63, 3.8) is 0 Å². The number of anilines is 1. The summed E-state index contributed by atoms with van der Waals surface area (Å²) in [5, 5.41) is 10.8. The van der Waals surface area contributed by atoms with Crippen LogP contribution in [0.25, 0.3) is 11.0 Å². The first kappa shape index (κ1) is 40.6. The zero-order valence-corrected chi connectivity index (χ0v) is 33.0. The number of aryl methyl sites for hydroxylation is 2. The molecule has 0 radical (unpaired) electrons. The van der Waals surface area contributed by atoms with Crippen LogP contribution in [-0.2, 0) is 36.1 Å². The summed E-state index contributed by atoms with van der Waals surface area (Å²) in [6, 6.07) is 5.33. The van der Waals surface area contributed by atoms with E-state index in [0.717, 1.165) is 20.0 Å². The number of carbonyl (C=O) groups is 2. The fourth-order valence-electron chi connectivity index (χ4n) is 8.42. The Labute approximate surface area is 342 Å². The van der Waals surface area contributed by atoms with E-state index in [1.54, 1.807) is 12.1 Å². The summed E-state index contributed by atoms with van der Waals surface area (Å²) < 4.78 is 93.7. The highest BCUT2D eigenvalue weighted by Gasteiger charge is 2.76. The zero-order valence-electron chi connectivity index (χ0n) is 31.5. The lowest BCUT2D eigenvalue weighted by Crippen LogP contribution is -2.59. The van der Waals surface area contributed by atoms with Crippen LogP contribution in [0.2, 0.25) is 0 Å². The van der Waals surface area contributed by atoms with Gasteiger partial charge in [-0.2, -0.15) is 0 Å². The maximum absolute atomic E-state index is 15.3. The third-order valence-electron chi connectivity index (χ3n) is 11.3. The highest BCUT2D eigenvalue weighted by molar-refractivity contribution is 6.58. The lowest BCUT2D eigenvalue weighted by Gasteiger charge is -2.49. The van der Waals surface area contributed by atoms with E-state index in [1.165, 1.54) is 51.2 Å². The molecular formula is C38H29Cl2F5N6O9. The Morgan fingerprint density at radius 2 is 1.45 bits per heavy atom. The van der Waals surface area contributed by atoms with Gasteiger partial charge in [0.05, 0.1) is 44.9 Å². The topological polar surface area (TPSA) is 169 Å². The minimum absolute atomic E-state index is 0.0246. The van der Waals surface area contributed by atoms with Crippen molar-refractivity contribution in [2.75, 3.05) is 26.2 Å². The number of imide groups is 1. The Morgan fingerprint density at radius 1 is 0.833 bits per heavy atom. The molecule has 2 fully saturated rings. The van der Waals surface area contributed by atoms with Gasteiger partial charge >= 0.3 is 11.4 Å². The Bertz CT molecular complexity index is 2940. The van der Waals surface area contributed by atoms with Crippen LogP contribution in [0.3, 0.4) is 0 Å². The summed E-state index contributed by atoms with van der Waals surface area (Å²) in [6.07, 6.45) is 0.340. The molecule has 4 heterocycles. The molecule has 2 aromatic heterocycles. The van der Waals surface area contributed by atoms with Crippen LogP contribution in [0.5, 0.6) is 23.0 Å². The Kier molecular flexibility index (Phi) is 9.46. The molecule has 1 aliphatic carbocycles. The second kappa shape index (κ2) is 14.0. The number of benzene rings is 3. The number of nitrogens with zero attached hydrogens (tertiary/aromatic N) is 6. The van der Waals surface area contributed by atoms with Crippen LogP contribution < -0.4 is 36.0 Å². The lowest BCUT2D eigenvalue weighted by atomic mass is 9.64. The fourth-order valence-corrected chi connectivity index (χ4v) is 9.33. The molecule has 5 aromatic rings. The number of phenols is 1. The summed E-state index contributed by atoms with van der Waals surface area (Å²) in [5.74, 6) is -17.5. The summed E-state index contributed by atoms with van der Waals surface area (Å²) >= 11 is 14.2. The average molecular weight is 880 g/mol. The summed E-state index contributed by atoms with van der Waals surface area (Å²) in [5.41, 5.74) is -3.60. The highest BCUT2D eigenvalue weighted by atomic mass is 35.5. The van der Waals surface area contributed by atoms with Crippen molar-refractivity contribution >= 4 is 51.7 Å². The van der Waals surface area contributed by atoms with E-state index in [9.17, 15) is 42.3 Å². The maximum atomic E-state index is 15.3. The Morgan fingerprint density at radius 3 is 2.07 bits per heavy atom. The highest BCUT2D eigenvalue weighted by Crippen LogP contribution is 2.64. The number of allylic oxidation sites excluding steroid dienone is 2. The number of fused-ring (bicyclic) bond motifs is 5. The summed E-state index contributed by atoms with van der Waals surface area (Å²) in [4.78, 5) is 69.1. The van der Waals surface area contributed by atoms with Crippen molar-refractivity contribution in [3.8, 4) is 23.0 Å². The number of halogens is 7. The number of amides is 2. The average Bonchev–Trinajstić information content (AvgIpc) is 3.56. The van der Waals surface area contributed by atoms with Crippen LogP contribution in [0.4, 0.5) is 27.6 Å². The molecule has 0 bridgehead atoms. The van der Waals surface area contributed by atoms with Crippen LogP contribution in [-0.4, -0.2) is 71.5 Å². The smallest absolute Gasteiger partial charge is 0.347 e. The van der Waals surface area contributed by atoms with E-state index < -0.39 is 97.4 Å². The molecule has 2 aliphatic heterocycles. The molecule has 0 spiro atoms. The van der Waals surface area contributed by atoms with Gasteiger partial charge in [-0.15, -0.1) is 23.2 Å². The number of aromatic hydroxyl groups is 1. The van der Waals surface area contributed by atoms with Gasteiger partial charge in [-0.3, -0.25) is 14.4 Å². The number of alkyl halides is 2. The van der Waals surface area contributed by atoms with Crippen LogP contribution >= 0.6 is 23.2 Å². The molecule has 4 atom stereocenters. The second-order valence-electron chi connectivity index (χ2n) is 14.2. The normalized spacial score (nSPS) is 22.1. The first-order chi connectivity index (χ1) is 28.4. The molecular weight excluding hydrogens is 850 g/mol. The predicted molar refractivity (Wildman–Crippen MR) is 202 cm³/mol. The van der Waals surface area contributed by atoms with Gasteiger partial charge in [0.25, 0.3) is 17.4 Å². The molecule has 314 valence electrons. The van der Waals surface area contributed by atoms with Gasteiger partial charge in [-0.1, -0.05) is 12.1 Å². The molecule has 60 heavy (non-hydrogen) atoms. The molecule has 15 nitrogen and oxygen atoms in total. The number of carbonyl (C=O) groups excluding carboxylic acids is 2. The molecule has 3 aliphatic rings. The Hall–Kier alpha value is -6.15. The molecule has 8 rings (SSSR count). The Balaban J connectivity index is 1.26. The second-order valence-corrected chi connectivity index (χ2v) is 15.4. The van der Waals surface area contributed by atoms with E-state index in [-0.39, 0.29) is 47.0 Å². The largest absolute Gasteiger partial charge is 0.504 e. The zero-order chi connectivity index (χ0) is 43.5. The van der Waals surface area contributed by atoms with Gasteiger partial charge in [0, 0.05) is 44.5 Å². The number of methoxy groups -OCH3 is 3. The van der Waals surface area contributed by atoms with E-state index in [0.29, 0.717) is 22.5 Å². The first-order valence-electron chi connectivity index (χ1n) is 17.8. The molecule has 1 N–H and O–H groups in total. The monoisotopic (exact) mass is 878 g/mol. The number of rotatable bonds is 8. The van der Waals surface area contributed by atoms with Crippen molar-refractivity contribution in [1.29, 1.82) is 0 Å². The third kappa shape index (κ3) is 5.31. The lowest BCUT2D eigenvalue weighted by molar-refractivity contribution is -0.122. The minimum Gasteiger partial charge on any atom is -0.504 e. The van der Waals surface area contributed by atoms with Crippen LogP contribution in [0.15, 0.2) is 56.4 Å². The number of hydrogen-bond acceptors (Lipinski definition) is 10. The van der Waals surface area contributed by atoms with Gasteiger partial charge in [0.1, 0.15) is 11.4 Å². The van der Waals surface area contributed by atoms with Gasteiger partial charge in [0.15, 0.2) is 56.0 Å². The standard InChI is InChI=1S/C38H29Cl2F5N6O9/c1-47-19-13-24(60-4)23(59-3)12-18(19)46-17(32(47)53)8-9-48-35(56)49-10-7-16-20(51(49)36(48)57)14-37(39)33(54)50(31-29(44)27(42)26(41)28(43)30(31)45)34(55)38(37,40)25(16)15-5-6-22(58-2)21(52)11-15/h5-7,11-13,20,25,52H,8-10,14H2,1-4H3. The van der Waals surface area contributed by atoms with Crippen molar-refractivity contribution < 1.29 is 50.9 Å². The van der Waals surface area contributed by atoms with E-state index in [2.05, 4.69) is 4.98 Å². The van der Waals surface area contributed by atoms with Crippen LogP contribution in [0.1, 0.15) is 29.6 Å². The summed E-state index contributed by atoms with van der Waals surface area (Å²) in [7, 11) is 5.57. The molecule has 4 unspecified atom stereocenters. The summed E-state index contributed by atoms with van der Waals surface area (Å²) in [6.45, 7) is -0.741. The van der Waals surface area contributed by atoms with E-state index in [1.807, 2.05) is 0 Å². The van der Waals surface area contributed by atoms with Gasteiger partial charge in [-0.25, -0.2) is 55.4 Å². The van der Waals surface area contributed by atoms with Crippen molar-refractivity contribution in [2.45, 2.75) is 47.6 Å². The maximum Gasteiger partial charge on any atom is 0.347 e. The van der Waals surface area contributed by atoms with Crippen molar-refractivity contribution in [2.24, 2.45) is 7.05 Å². The third-order valence-corrected chi connectivity index (χ3v) is 12.7.